The van der Waals surface area contributed by atoms with Crippen LogP contribution in [0.5, 0.6) is 0 Å². The lowest BCUT2D eigenvalue weighted by atomic mass is 10.2. The number of rotatable bonds is 4. The summed E-state index contributed by atoms with van der Waals surface area (Å²) in [6.07, 6.45) is 1.88. The number of aliphatic hydroxyl groups excluding tert-OH is 1. The standard InChI is InChI=1S/C13H17N3O/c1-10-12(8-15-16(10)2)7-14-13-5-3-11(9-17)4-6-13/h3-6,8,14,17H,7,9H2,1-2H3. The van der Waals surface area contributed by atoms with E-state index in [1.165, 1.54) is 11.3 Å². The van der Waals surface area contributed by atoms with Crippen LogP contribution in [0.1, 0.15) is 16.8 Å². The van der Waals surface area contributed by atoms with Crippen molar-refractivity contribution in [2.45, 2.75) is 20.1 Å². The monoisotopic (exact) mass is 231 g/mol. The highest BCUT2D eigenvalue weighted by Crippen LogP contribution is 2.12. The van der Waals surface area contributed by atoms with E-state index in [9.17, 15) is 0 Å². The first-order valence-electron chi connectivity index (χ1n) is 5.62. The number of nitrogens with zero attached hydrogens (tertiary/aromatic N) is 2. The average molecular weight is 231 g/mol. The molecule has 4 nitrogen and oxygen atoms in total. The molecule has 0 unspecified atom stereocenters. The van der Waals surface area contributed by atoms with Crippen LogP contribution < -0.4 is 5.32 Å². The third kappa shape index (κ3) is 2.65. The largest absolute Gasteiger partial charge is 0.392 e. The number of benzene rings is 1. The van der Waals surface area contributed by atoms with Gasteiger partial charge in [-0.1, -0.05) is 12.1 Å². The van der Waals surface area contributed by atoms with Crippen LogP contribution in [0.2, 0.25) is 0 Å². The first-order valence-corrected chi connectivity index (χ1v) is 5.62. The van der Waals surface area contributed by atoms with Crippen molar-refractivity contribution in [3.8, 4) is 0 Å². The molecule has 0 spiro atoms. The molecule has 1 heterocycles. The number of hydrogen-bond acceptors (Lipinski definition) is 3. The molecule has 2 rings (SSSR count). The van der Waals surface area contributed by atoms with Crippen molar-refractivity contribution in [2.24, 2.45) is 7.05 Å². The van der Waals surface area contributed by atoms with E-state index in [2.05, 4.69) is 17.3 Å². The Kier molecular flexibility index (Phi) is 3.44. The van der Waals surface area contributed by atoms with Crippen molar-refractivity contribution < 1.29 is 5.11 Å². The predicted octanol–water partition coefficient (Wildman–Crippen LogP) is 1.83. The van der Waals surface area contributed by atoms with Gasteiger partial charge in [-0.25, -0.2) is 0 Å². The molecule has 0 saturated heterocycles. The molecule has 0 bridgehead atoms. The third-order valence-corrected chi connectivity index (χ3v) is 2.96. The zero-order chi connectivity index (χ0) is 12.3. The Labute approximate surface area is 101 Å². The summed E-state index contributed by atoms with van der Waals surface area (Å²) in [5.41, 5.74) is 4.33. The topological polar surface area (TPSA) is 50.1 Å². The Morgan fingerprint density at radius 1 is 1.29 bits per heavy atom. The van der Waals surface area contributed by atoms with E-state index < -0.39 is 0 Å². The summed E-state index contributed by atoms with van der Waals surface area (Å²) < 4.78 is 1.87. The minimum absolute atomic E-state index is 0.0853. The van der Waals surface area contributed by atoms with E-state index in [1.54, 1.807) is 0 Å². The molecule has 1 aromatic heterocycles. The molecule has 17 heavy (non-hydrogen) atoms. The van der Waals surface area contributed by atoms with Gasteiger partial charge in [0.2, 0.25) is 0 Å². The Bertz CT molecular complexity index is 488. The summed E-state index contributed by atoms with van der Waals surface area (Å²) in [6.45, 7) is 2.90. The Balaban J connectivity index is 2.00. The van der Waals surface area contributed by atoms with Gasteiger partial charge < -0.3 is 10.4 Å². The lowest BCUT2D eigenvalue weighted by Crippen LogP contribution is -2.01. The second-order valence-electron chi connectivity index (χ2n) is 4.09. The fourth-order valence-corrected chi connectivity index (χ4v) is 1.64. The van der Waals surface area contributed by atoms with Crippen LogP contribution in [0, 0.1) is 6.92 Å². The maximum atomic E-state index is 8.94. The second kappa shape index (κ2) is 5.01. The van der Waals surface area contributed by atoms with Gasteiger partial charge in [0.1, 0.15) is 0 Å². The Hall–Kier alpha value is -1.81. The van der Waals surface area contributed by atoms with Crippen molar-refractivity contribution >= 4 is 5.69 Å². The van der Waals surface area contributed by atoms with Crippen LogP contribution >= 0.6 is 0 Å². The number of hydrogen-bond donors (Lipinski definition) is 2. The summed E-state index contributed by atoms with van der Waals surface area (Å²) in [4.78, 5) is 0. The third-order valence-electron chi connectivity index (χ3n) is 2.96. The first kappa shape index (κ1) is 11.7. The van der Waals surface area contributed by atoms with Crippen LogP contribution in [0.4, 0.5) is 5.69 Å². The van der Waals surface area contributed by atoms with E-state index in [0.717, 1.165) is 17.8 Å². The minimum atomic E-state index is 0.0853. The molecule has 0 atom stereocenters. The minimum Gasteiger partial charge on any atom is -0.392 e. The van der Waals surface area contributed by atoms with E-state index in [0.29, 0.717) is 0 Å². The van der Waals surface area contributed by atoms with Gasteiger partial charge in [0, 0.05) is 30.5 Å². The van der Waals surface area contributed by atoms with Gasteiger partial charge in [0.15, 0.2) is 0 Å². The van der Waals surface area contributed by atoms with Gasteiger partial charge in [0.25, 0.3) is 0 Å². The number of anilines is 1. The van der Waals surface area contributed by atoms with E-state index in [1.807, 2.05) is 42.2 Å². The van der Waals surface area contributed by atoms with Gasteiger partial charge >= 0.3 is 0 Å². The smallest absolute Gasteiger partial charge is 0.0681 e. The molecular formula is C13H17N3O. The number of nitrogens with one attached hydrogen (secondary N) is 1. The summed E-state index contributed by atoms with van der Waals surface area (Å²) in [5, 5.41) is 16.5. The zero-order valence-electron chi connectivity index (χ0n) is 10.1. The number of aryl methyl sites for hydroxylation is 1. The predicted molar refractivity (Wildman–Crippen MR) is 67.6 cm³/mol. The average Bonchev–Trinajstić information content (AvgIpc) is 2.68. The highest BCUT2D eigenvalue weighted by Gasteiger charge is 2.02. The van der Waals surface area contributed by atoms with Crippen LogP contribution in [0.15, 0.2) is 30.5 Å². The van der Waals surface area contributed by atoms with Crippen molar-refractivity contribution in [2.75, 3.05) is 5.32 Å². The molecule has 2 aromatic rings. The molecule has 2 N–H and O–H groups in total. The quantitative estimate of drug-likeness (QED) is 0.844. The van der Waals surface area contributed by atoms with Crippen molar-refractivity contribution in [1.82, 2.24) is 9.78 Å². The van der Waals surface area contributed by atoms with E-state index in [-0.39, 0.29) is 6.61 Å². The SMILES string of the molecule is Cc1c(CNc2ccc(CO)cc2)cnn1C. The van der Waals surface area contributed by atoms with Gasteiger partial charge in [-0.15, -0.1) is 0 Å². The highest BCUT2D eigenvalue weighted by molar-refractivity contribution is 5.45. The first-order chi connectivity index (χ1) is 8.20. The normalized spacial score (nSPS) is 10.5. The Morgan fingerprint density at radius 2 is 2.00 bits per heavy atom. The molecule has 0 aliphatic carbocycles. The van der Waals surface area contributed by atoms with Gasteiger partial charge in [-0.05, 0) is 24.6 Å². The molecule has 90 valence electrons. The van der Waals surface area contributed by atoms with Gasteiger partial charge in [-0.2, -0.15) is 5.10 Å². The molecular weight excluding hydrogens is 214 g/mol. The molecule has 0 amide bonds. The molecule has 0 radical (unpaired) electrons. The maximum Gasteiger partial charge on any atom is 0.0681 e. The van der Waals surface area contributed by atoms with Crippen molar-refractivity contribution in [3.05, 3.63) is 47.3 Å². The van der Waals surface area contributed by atoms with E-state index >= 15 is 0 Å². The fraction of sp³-hybridized carbons (Fsp3) is 0.308. The zero-order valence-corrected chi connectivity index (χ0v) is 10.1. The molecule has 1 aromatic carbocycles. The molecule has 0 aliphatic heterocycles. The van der Waals surface area contributed by atoms with Crippen molar-refractivity contribution in [1.29, 1.82) is 0 Å². The maximum absolute atomic E-state index is 8.94. The molecule has 0 saturated carbocycles. The van der Waals surface area contributed by atoms with E-state index in [4.69, 9.17) is 5.11 Å². The lowest BCUT2D eigenvalue weighted by Gasteiger charge is -2.06. The van der Waals surface area contributed by atoms with Gasteiger partial charge in [0.05, 0.1) is 12.8 Å². The second-order valence-corrected chi connectivity index (χ2v) is 4.09. The molecule has 4 heteroatoms. The number of aromatic nitrogens is 2. The Morgan fingerprint density at radius 3 is 2.53 bits per heavy atom. The summed E-state index contributed by atoms with van der Waals surface area (Å²) in [5.74, 6) is 0. The van der Waals surface area contributed by atoms with Crippen LogP contribution in [-0.2, 0) is 20.2 Å². The van der Waals surface area contributed by atoms with Crippen LogP contribution in [-0.4, -0.2) is 14.9 Å². The van der Waals surface area contributed by atoms with Gasteiger partial charge in [-0.3, -0.25) is 4.68 Å². The molecule has 0 aliphatic rings. The summed E-state index contributed by atoms with van der Waals surface area (Å²) in [6, 6.07) is 7.77. The van der Waals surface area contributed by atoms with Crippen LogP contribution in [0.25, 0.3) is 0 Å². The van der Waals surface area contributed by atoms with Crippen molar-refractivity contribution in [3.63, 3.8) is 0 Å². The summed E-state index contributed by atoms with van der Waals surface area (Å²) >= 11 is 0. The fourth-order valence-electron chi connectivity index (χ4n) is 1.64. The van der Waals surface area contributed by atoms with Crippen LogP contribution in [0.3, 0.4) is 0 Å². The summed E-state index contributed by atoms with van der Waals surface area (Å²) in [7, 11) is 1.94. The molecule has 0 fully saturated rings. The lowest BCUT2D eigenvalue weighted by molar-refractivity contribution is 0.282. The highest BCUT2D eigenvalue weighted by atomic mass is 16.3. The number of aliphatic hydroxyl groups is 1.